The summed E-state index contributed by atoms with van der Waals surface area (Å²) in [5.74, 6) is 0. The molecule has 0 spiro atoms. The second-order valence-electron chi connectivity index (χ2n) is 10.8. The van der Waals surface area contributed by atoms with Gasteiger partial charge in [-0.2, -0.15) is 0 Å². The van der Waals surface area contributed by atoms with Crippen LogP contribution in [0.15, 0.2) is 146 Å². The van der Waals surface area contributed by atoms with Crippen molar-refractivity contribution in [1.29, 1.82) is 0 Å². The molecule has 0 saturated carbocycles. The van der Waals surface area contributed by atoms with Gasteiger partial charge in [0.05, 0.1) is 0 Å². The number of nitrogens with zero attached hydrogens (tertiary/aromatic N) is 1. The van der Waals surface area contributed by atoms with Gasteiger partial charge < -0.3 is 4.90 Å². The van der Waals surface area contributed by atoms with Gasteiger partial charge in [0, 0.05) is 17.1 Å². The first-order valence-electron chi connectivity index (χ1n) is 13.8. The molecule has 0 saturated heterocycles. The van der Waals surface area contributed by atoms with E-state index in [4.69, 9.17) is 0 Å². The zero-order valence-corrected chi connectivity index (χ0v) is 22.3. The predicted octanol–water partition coefficient (Wildman–Crippen LogP) is 11.1. The molecule has 1 aliphatic rings. The van der Waals surface area contributed by atoms with Crippen LogP contribution in [0.5, 0.6) is 0 Å². The SMILES string of the molecule is Cc1ccc(N(c2ccccc2)c2ccc3cc4c(cc3c2)-c2cc3ccc(-c5ccccc5)cc3cc2-4)cc1. The van der Waals surface area contributed by atoms with Crippen LogP contribution in [-0.2, 0) is 0 Å². The van der Waals surface area contributed by atoms with Crippen molar-refractivity contribution in [3.05, 3.63) is 151 Å². The molecule has 8 rings (SSSR count). The number of aryl methyl sites for hydroxylation is 1. The van der Waals surface area contributed by atoms with Gasteiger partial charge >= 0.3 is 0 Å². The Hall–Kier alpha value is -5.14. The predicted molar refractivity (Wildman–Crippen MR) is 171 cm³/mol. The Kier molecular flexibility index (Phi) is 5.11. The second kappa shape index (κ2) is 8.97. The number of benzene rings is 7. The zero-order valence-electron chi connectivity index (χ0n) is 22.3. The van der Waals surface area contributed by atoms with Crippen LogP contribution < -0.4 is 4.90 Å². The number of fused-ring (bicyclic) bond motifs is 6. The molecule has 1 nitrogen and oxygen atoms in total. The third kappa shape index (κ3) is 3.71. The number of anilines is 3. The van der Waals surface area contributed by atoms with Crippen molar-refractivity contribution in [2.75, 3.05) is 4.90 Å². The zero-order chi connectivity index (χ0) is 26.6. The van der Waals surface area contributed by atoms with Crippen molar-refractivity contribution in [3.63, 3.8) is 0 Å². The quantitative estimate of drug-likeness (QED) is 0.228. The molecule has 0 atom stereocenters. The van der Waals surface area contributed by atoms with E-state index in [2.05, 4.69) is 157 Å². The summed E-state index contributed by atoms with van der Waals surface area (Å²) in [6, 6.07) is 53.1. The maximum absolute atomic E-state index is 2.37. The van der Waals surface area contributed by atoms with Gasteiger partial charge in [-0.25, -0.2) is 0 Å². The van der Waals surface area contributed by atoms with Crippen molar-refractivity contribution in [2.24, 2.45) is 0 Å². The van der Waals surface area contributed by atoms with E-state index < -0.39 is 0 Å². The normalized spacial score (nSPS) is 11.6. The highest BCUT2D eigenvalue weighted by atomic mass is 15.1. The van der Waals surface area contributed by atoms with Gasteiger partial charge in [0.15, 0.2) is 0 Å². The minimum atomic E-state index is 1.15. The lowest BCUT2D eigenvalue weighted by Crippen LogP contribution is -2.09. The summed E-state index contributed by atoms with van der Waals surface area (Å²) in [6.45, 7) is 2.13. The van der Waals surface area contributed by atoms with Gasteiger partial charge in [0.25, 0.3) is 0 Å². The van der Waals surface area contributed by atoms with E-state index in [0.717, 1.165) is 17.1 Å². The monoisotopic (exact) mass is 509 g/mol. The van der Waals surface area contributed by atoms with E-state index in [1.165, 1.54) is 60.5 Å². The lowest BCUT2D eigenvalue weighted by molar-refractivity contribution is 1.28. The van der Waals surface area contributed by atoms with Crippen LogP contribution in [0.1, 0.15) is 5.56 Å². The van der Waals surface area contributed by atoms with Crippen molar-refractivity contribution < 1.29 is 0 Å². The largest absolute Gasteiger partial charge is 0.310 e. The molecule has 188 valence electrons. The van der Waals surface area contributed by atoms with Crippen molar-refractivity contribution in [1.82, 2.24) is 0 Å². The van der Waals surface area contributed by atoms with E-state index in [9.17, 15) is 0 Å². The molecule has 0 unspecified atom stereocenters. The molecule has 40 heavy (non-hydrogen) atoms. The molecule has 0 bridgehead atoms. The van der Waals surface area contributed by atoms with Crippen LogP contribution in [0.4, 0.5) is 17.1 Å². The fourth-order valence-electron chi connectivity index (χ4n) is 6.08. The maximum Gasteiger partial charge on any atom is 0.0468 e. The molecule has 0 amide bonds. The van der Waals surface area contributed by atoms with Gasteiger partial charge in [-0.3, -0.25) is 0 Å². The van der Waals surface area contributed by atoms with Crippen LogP contribution in [0, 0.1) is 6.92 Å². The Morgan fingerprint density at radius 2 is 0.850 bits per heavy atom. The Balaban J connectivity index is 1.22. The smallest absolute Gasteiger partial charge is 0.0468 e. The van der Waals surface area contributed by atoms with Crippen LogP contribution in [0.2, 0.25) is 0 Å². The molecule has 7 aromatic carbocycles. The van der Waals surface area contributed by atoms with Crippen molar-refractivity contribution >= 4 is 38.6 Å². The third-order valence-electron chi connectivity index (χ3n) is 8.19. The summed E-state index contributed by atoms with van der Waals surface area (Å²) >= 11 is 0. The first-order valence-corrected chi connectivity index (χ1v) is 13.8. The Bertz CT molecular complexity index is 2040. The third-order valence-corrected chi connectivity index (χ3v) is 8.19. The Morgan fingerprint density at radius 3 is 1.50 bits per heavy atom. The van der Waals surface area contributed by atoms with Crippen molar-refractivity contribution in [2.45, 2.75) is 6.92 Å². The standard InChI is InChI=1S/C39H27N/c1-26-12-17-34(18-13-26)40(33-10-6-3-7-11-33)35-19-16-30-23-37-38-24-31-20-28(27-8-4-2-5-9-27)14-15-29(31)22-36(38)39(37)25-32(30)21-35/h2-25H,1H3. The summed E-state index contributed by atoms with van der Waals surface area (Å²) in [6.07, 6.45) is 0. The summed E-state index contributed by atoms with van der Waals surface area (Å²) in [5.41, 5.74) is 12.6. The molecule has 0 radical (unpaired) electrons. The number of para-hydroxylation sites is 1. The highest BCUT2D eigenvalue weighted by Gasteiger charge is 2.24. The number of hydrogen-bond donors (Lipinski definition) is 0. The summed E-state index contributed by atoms with van der Waals surface area (Å²) in [5, 5.41) is 5.10. The molecule has 0 heterocycles. The van der Waals surface area contributed by atoms with E-state index >= 15 is 0 Å². The molecule has 0 aliphatic heterocycles. The van der Waals surface area contributed by atoms with Gasteiger partial charge in [-0.1, -0.05) is 84.4 Å². The highest BCUT2D eigenvalue weighted by Crippen LogP contribution is 2.51. The lowest BCUT2D eigenvalue weighted by Gasteiger charge is -2.28. The van der Waals surface area contributed by atoms with E-state index in [0.29, 0.717) is 0 Å². The molecule has 0 fully saturated rings. The average molecular weight is 510 g/mol. The summed E-state index contributed by atoms with van der Waals surface area (Å²) in [7, 11) is 0. The first kappa shape index (κ1) is 22.8. The minimum Gasteiger partial charge on any atom is -0.310 e. The van der Waals surface area contributed by atoms with Gasteiger partial charge in [0.2, 0.25) is 0 Å². The molecular weight excluding hydrogens is 482 g/mol. The molecule has 0 aromatic heterocycles. The molecular formula is C39H27N. The van der Waals surface area contributed by atoms with Gasteiger partial charge in [-0.05, 0) is 129 Å². The van der Waals surface area contributed by atoms with Crippen LogP contribution in [0.25, 0.3) is 54.9 Å². The highest BCUT2D eigenvalue weighted by molar-refractivity contribution is 6.12. The summed E-state index contributed by atoms with van der Waals surface area (Å²) in [4.78, 5) is 2.34. The molecule has 1 heteroatoms. The first-order chi connectivity index (χ1) is 19.7. The molecule has 1 aliphatic carbocycles. The number of hydrogen-bond acceptors (Lipinski definition) is 1. The van der Waals surface area contributed by atoms with Crippen LogP contribution in [-0.4, -0.2) is 0 Å². The topological polar surface area (TPSA) is 3.24 Å². The van der Waals surface area contributed by atoms with Gasteiger partial charge in [0.1, 0.15) is 0 Å². The second-order valence-corrected chi connectivity index (χ2v) is 10.8. The Morgan fingerprint density at radius 1 is 0.350 bits per heavy atom. The van der Waals surface area contributed by atoms with Gasteiger partial charge in [-0.15, -0.1) is 0 Å². The summed E-state index contributed by atoms with van der Waals surface area (Å²) < 4.78 is 0. The maximum atomic E-state index is 2.37. The lowest BCUT2D eigenvalue weighted by atomic mass is 9.77. The minimum absolute atomic E-state index is 1.15. The molecule has 7 aromatic rings. The van der Waals surface area contributed by atoms with E-state index in [1.807, 2.05) is 0 Å². The van der Waals surface area contributed by atoms with E-state index in [1.54, 1.807) is 0 Å². The average Bonchev–Trinajstić information content (AvgIpc) is 3.01. The van der Waals surface area contributed by atoms with Crippen LogP contribution >= 0.6 is 0 Å². The fourth-order valence-corrected chi connectivity index (χ4v) is 6.08. The van der Waals surface area contributed by atoms with Crippen LogP contribution in [0.3, 0.4) is 0 Å². The van der Waals surface area contributed by atoms with E-state index in [-0.39, 0.29) is 0 Å². The van der Waals surface area contributed by atoms with Crippen molar-refractivity contribution in [3.8, 4) is 33.4 Å². The fraction of sp³-hybridized carbons (Fsp3) is 0.0256. The number of rotatable bonds is 4. The Labute approximate surface area is 234 Å². The molecule has 0 N–H and O–H groups in total.